The molecule has 2 atom stereocenters. The van der Waals surface area contributed by atoms with Gasteiger partial charge in [-0.05, 0) is 25.7 Å². The van der Waals surface area contributed by atoms with Crippen LogP contribution in [0.1, 0.15) is 51.3 Å². The van der Waals surface area contributed by atoms with Gasteiger partial charge in [-0.3, -0.25) is 15.0 Å². The third-order valence-electron chi connectivity index (χ3n) is 4.43. The fourth-order valence-electron chi connectivity index (χ4n) is 3.42. The first kappa shape index (κ1) is 14.5. The topological polar surface area (TPSA) is 97.3 Å². The Morgan fingerprint density at radius 3 is 2.62 bits per heavy atom. The van der Waals surface area contributed by atoms with Crippen molar-refractivity contribution in [3.8, 4) is 0 Å². The summed E-state index contributed by atoms with van der Waals surface area (Å²) in [6, 6.07) is 1.35. The number of carbonyl (C=O) groups excluding carboxylic acids is 1. The highest BCUT2D eigenvalue weighted by atomic mass is 16.4. The van der Waals surface area contributed by atoms with E-state index in [9.17, 15) is 4.79 Å². The number of nitrogens with one attached hydrogen (secondary N) is 1. The zero-order valence-corrected chi connectivity index (χ0v) is 12.6. The number of hydrogen-bond acceptors (Lipinski definition) is 6. The standard InChI is InChI=1S/C14H23N5O2/c1-8(2)13-17-18-14(21-13)16-12(20)7-19-10-3-4-11(19)6-9(15)5-10/h8-11H,3-7,15H2,1-2H3,(H,16,18,20). The molecule has 0 spiro atoms. The van der Waals surface area contributed by atoms with Gasteiger partial charge in [0.15, 0.2) is 0 Å². The van der Waals surface area contributed by atoms with Crippen LogP contribution in [0, 0.1) is 0 Å². The molecule has 3 heterocycles. The molecule has 1 aromatic heterocycles. The molecule has 2 saturated heterocycles. The molecule has 21 heavy (non-hydrogen) atoms. The quantitative estimate of drug-likeness (QED) is 0.862. The number of hydrogen-bond donors (Lipinski definition) is 2. The number of nitrogens with two attached hydrogens (primary N) is 1. The summed E-state index contributed by atoms with van der Waals surface area (Å²) in [5.74, 6) is 0.596. The van der Waals surface area contributed by atoms with Gasteiger partial charge in [-0.1, -0.05) is 18.9 Å². The van der Waals surface area contributed by atoms with Crippen molar-refractivity contribution in [2.24, 2.45) is 5.73 Å². The second-order valence-corrected chi connectivity index (χ2v) is 6.44. The molecule has 2 unspecified atom stereocenters. The van der Waals surface area contributed by atoms with E-state index in [4.69, 9.17) is 10.2 Å². The normalized spacial score (nSPS) is 29.0. The molecule has 1 amide bonds. The van der Waals surface area contributed by atoms with Crippen LogP contribution in [0.2, 0.25) is 0 Å². The zero-order valence-electron chi connectivity index (χ0n) is 12.6. The minimum atomic E-state index is -0.0960. The summed E-state index contributed by atoms with van der Waals surface area (Å²) >= 11 is 0. The van der Waals surface area contributed by atoms with Gasteiger partial charge in [0.1, 0.15) is 0 Å². The maximum absolute atomic E-state index is 12.1. The van der Waals surface area contributed by atoms with Gasteiger partial charge in [0.2, 0.25) is 11.8 Å². The monoisotopic (exact) mass is 293 g/mol. The van der Waals surface area contributed by atoms with E-state index in [1.807, 2.05) is 13.8 Å². The van der Waals surface area contributed by atoms with Gasteiger partial charge in [-0.15, -0.1) is 5.10 Å². The highest BCUT2D eigenvalue weighted by Crippen LogP contribution is 2.34. The Morgan fingerprint density at radius 2 is 2.05 bits per heavy atom. The average molecular weight is 293 g/mol. The lowest BCUT2D eigenvalue weighted by molar-refractivity contribution is -0.118. The number of aromatic nitrogens is 2. The average Bonchev–Trinajstić information content (AvgIpc) is 2.94. The van der Waals surface area contributed by atoms with Crippen LogP contribution in [0.15, 0.2) is 4.42 Å². The lowest BCUT2D eigenvalue weighted by Gasteiger charge is -2.36. The molecule has 0 aliphatic carbocycles. The van der Waals surface area contributed by atoms with Crippen molar-refractivity contribution >= 4 is 11.9 Å². The van der Waals surface area contributed by atoms with E-state index in [1.54, 1.807) is 0 Å². The fraction of sp³-hybridized carbons (Fsp3) is 0.786. The Kier molecular flexibility index (Phi) is 3.95. The molecule has 0 aromatic carbocycles. The minimum Gasteiger partial charge on any atom is -0.408 e. The summed E-state index contributed by atoms with van der Waals surface area (Å²) in [7, 11) is 0. The first-order valence-corrected chi connectivity index (χ1v) is 7.67. The van der Waals surface area contributed by atoms with Crippen LogP contribution in [0.5, 0.6) is 0 Å². The van der Waals surface area contributed by atoms with Crippen molar-refractivity contribution in [2.45, 2.75) is 63.6 Å². The molecule has 116 valence electrons. The Bertz CT molecular complexity index is 501. The maximum atomic E-state index is 12.1. The molecular weight excluding hydrogens is 270 g/mol. The first-order valence-electron chi connectivity index (χ1n) is 7.67. The minimum absolute atomic E-state index is 0.0960. The maximum Gasteiger partial charge on any atom is 0.322 e. The molecule has 2 aliphatic heterocycles. The SMILES string of the molecule is CC(C)c1nnc(NC(=O)CN2C3CCC2CC(N)C3)o1. The third kappa shape index (κ3) is 3.08. The summed E-state index contributed by atoms with van der Waals surface area (Å²) in [6.45, 7) is 4.31. The van der Waals surface area contributed by atoms with Gasteiger partial charge in [-0.2, -0.15) is 0 Å². The van der Waals surface area contributed by atoms with Crippen LogP contribution in [-0.2, 0) is 4.79 Å². The number of piperidine rings is 1. The van der Waals surface area contributed by atoms with E-state index >= 15 is 0 Å². The third-order valence-corrected chi connectivity index (χ3v) is 4.43. The summed E-state index contributed by atoms with van der Waals surface area (Å²) in [6.07, 6.45) is 4.26. The smallest absolute Gasteiger partial charge is 0.322 e. The Morgan fingerprint density at radius 1 is 1.38 bits per heavy atom. The fourth-order valence-corrected chi connectivity index (χ4v) is 3.42. The Labute approximate surface area is 124 Å². The molecule has 3 rings (SSSR count). The molecule has 2 bridgehead atoms. The van der Waals surface area contributed by atoms with Crippen LogP contribution in [0.3, 0.4) is 0 Å². The molecule has 0 radical (unpaired) electrons. The second-order valence-electron chi connectivity index (χ2n) is 6.44. The number of fused-ring (bicyclic) bond motifs is 2. The van der Waals surface area contributed by atoms with Crippen LogP contribution in [-0.4, -0.2) is 45.7 Å². The molecule has 2 fully saturated rings. The van der Waals surface area contributed by atoms with Crippen LogP contribution in [0.4, 0.5) is 6.01 Å². The predicted octanol–water partition coefficient (Wildman–Crippen LogP) is 1.09. The van der Waals surface area contributed by atoms with Gasteiger partial charge in [-0.25, -0.2) is 0 Å². The number of carbonyl (C=O) groups is 1. The van der Waals surface area contributed by atoms with Crippen LogP contribution >= 0.6 is 0 Å². The highest BCUT2D eigenvalue weighted by Gasteiger charge is 2.40. The van der Waals surface area contributed by atoms with Crippen molar-refractivity contribution in [1.29, 1.82) is 0 Å². The van der Waals surface area contributed by atoms with E-state index in [2.05, 4.69) is 20.4 Å². The number of rotatable bonds is 4. The van der Waals surface area contributed by atoms with Gasteiger partial charge in [0.05, 0.1) is 6.54 Å². The lowest BCUT2D eigenvalue weighted by Crippen LogP contribution is -2.49. The van der Waals surface area contributed by atoms with Crippen molar-refractivity contribution in [1.82, 2.24) is 15.1 Å². The largest absolute Gasteiger partial charge is 0.408 e. The van der Waals surface area contributed by atoms with Gasteiger partial charge < -0.3 is 10.2 Å². The number of anilines is 1. The van der Waals surface area contributed by atoms with Crippen LogP contribution < -0.4 is 11.1 Å². The first-order chi connectivity index (χ1) is 10.0. The molecule has 7 nitrogen and oxygen atoms in total. The molecule has 3 N–H and O–H groups in total. The molecule has 1 aromatic rings. The van der Waals surface area contributed by atoms with Crippen LogP contribution in [0.25, 0.3) is 0 Å². The Hall–Kier alpha value is -1.47. The van der Waals surface area contributed by atoms with E-state index < -0.39 is 0 Å². The van der Waals surface area contributed by atoms with Crippen molar-refractivity contribution < 1.29 is 9.21 Å². The van der Waals surface area contributed by atoms with Gasteiger partial charge >= 0.3 is 6.01 Å². The van der Waals surface area contributed by atoms with Gasteiger partial charge in [0, 0.05) is 24.0 Å². The van der Waals surface area contributed by atoms with Crippen molar-refractivity contribution in [3.05, 3.63) is 5.89 Å². The summed E-state index contributed by atoms with van der Waals surface area (Å²) in [4.78, 5) is 14.4. The molecule has 2 aliphatic rings. The Balaban J connectivity index is 1.57. The predicted molar refractivity (Wildman–Crippen MR) is 77.7 cm³/mol. The zero-order chi connectivity index (χ0) is 15.0. The van der Waals surface area contributed by atoms with E-state index in [0.29, 0.717) is 24.5 Å². The summed E-state index contributed by atoms with van der Waals surface area (Å²) in [5, 5.41) is 10.4. The van der Waals surface area contributed by atoms with E-state index in [-0.39, 0.29) is 23.9 Å². The van der Waals surface area contributed by atoms with E-state index in [1.165, 1.54) is 0 Å². The second kappa shape index (κ2) is 5.73. The van der Waals surface area contributed by atoms with E-state index in [0.717, 1.165) is 25.7 Å². The highest BCUT2D eigenvalue weighted by molar-refractivity contribution is 5.90. The molecular formula is C14H23N5O2. The summed E-state index contributed by atoms with van der Waals surface area (Å²) in [5.41, 5.74) is 6.04. The molecule has 7 heteroatoms. The van der Waals surface area contributed by atoms with Crippen molar-refractivity contribution in [2.75, 3.05) is 11.9 Å². The number of nitrogens with zero attached hydrogens (tertiary/aromatic N) is 3. The lowest BCUT2D eigenvalue weighted by atomic mass is 9.98. The number of amides is 1. The molecule has 0 saturated carbocycles. The summed E-state index contributed by atoms with van der Waals surface area (Å²) < 4.78 is 5.40. The van der Waals surface area contributed by atoms with Crippen molar-refractivity contribution in [3.63, 3.8) is 0 Å². The van der Waals surface area contributed by atoms with Gasteiger partial charge in [0.25, 0.3) is 0 Å².